The first kappa shape index (κ1) is 11.6. The molecule has 5 nitrogen and oxygen atoms in total. The molecule has 90 valence electrons. The molecule has 0 atom stereocenters. The molecule has 17 heavy (non-hydrogen) atoms. The average Bonchev–Trinajstić information content (AvgIpc) is 2.67. The zero-order valence-electron chi connectivity index (χ0n) is 9.68. The van der Waals surface area contributed by atoms with Gasteiger partial charge in [0.15, 0.2) is 6.61 Å². The van der Waals surface area contributed by atoms with Crippen molar-refractivity contribution in [2.24, 2.45) is 0 Å². The van der Waals surface area contributed by atoms with Crippen LogP contribution in [0.3, 0.4) is 0 Å². The van der Waals surface area contributed by atoms with E-state index in [9.17, 15) is 9.59 Å². The Morgan fingerprint density at radius 2 is 2.24 bits per heavy atom. The summed E-state index contributed by atoms with van der Waals surface area (Å²) < 4.78 is 4.62. The van der Waals surface area contributed by atoms with Crippen LogP contribution in [-0.2, 0) is 22.4 Å². The number of carbonyl (C=O) groups excluding carboxylic acids is 2. The molecule has 0 radical (unpaired) electrons. The summed E-state index contributed by atoms with van der Waals surface area (Å²) in [4.78, 5) is 27.8. The fraction of sp³-hybridized carbons (Fsp3) is 0.417. The second kappa shape index (κ2) is 4.95. The number of carbonyl (C=O) groups is 2. The highest BCUT2D eigenvalue weighted by Crippen LogP contribution is 2.07. The number of rotatable bonds is 4. The molecular weight excluding hydrogens is 220 g/mol. The van der Waals surface area contributed by atoms with Gasteiger partial charge in [-0.3, -0.25) is 9.78 Å². The van der Waals surface area contributed by atoms with E-state index in [-0.39, 0.29) is 12.5 Å². The normalized spacial score (nSPS) is 15.2. The molecule has 1 fully saturated rings. The van der Waals surface area contributed by atoms with Gasteiger partial charge in [0.05, 0.1) is 0 Å². The molecule has 1 aliphatic heterocycles. The Bertz CT molecular complexity index is 412. The van der Waals surface area contributed by atoms with Crippen LogP contribution in [0.15, 0.2) is 18.3 Å². The van der Waals surface area contributed by atoms with E-state index in [1.807, 2.05) is 18.3 Å². The van der Waals surface area contributed by atoms with E-state index in [0.29, 0.717) is 13.0 Å². The van der Waals surface area contributed by atoms with Crippen molar-refractivity contribution < 1.29 is 14.3 Å². The summed E-state index contributed by atoms with van der Waals surface area (Å²) in [5, 5.41) is 0. The molecule has 2 heterocycles. The summed E-state index contributed by atoms with van der Waals surface area (Å²) in [5.41, 5.74) is 2.04. The van der Waals surface area contributed by atoms with Gasteiger partial charge in [0.1, 0.15) is 0 Å². The Morgan fingerprint density at radius 1 is 1.41 bits per heavy atom. The number of cyclic esters (lactones) is 1. The minimum Gasteiger partial charge on any atom is -0.439 e. The minimum absolute atomic E-state index is 0.138. The molecule has 1 aromatic rings. The third-order valence-electron chi connectivity index (χ3n) is 2.73. The van der Waals surface area contributed by atoms with Gasteiger partial charge in [-0.25, -0.2) is 9.69 Å². The number of hydrogen-bond acceptors (Lipinski definition) is 4. The predicted molar refractivity (Wildman–Crippen MR) is 60.4 cm³/mol. The molecule has 0 unspecified atom stereocenters. The quantitative estimate of drug-likeness (QED) is 0.784. The number of aromatic nitrogens is 1. The minimum atomic E-state index is -0.555. The molecule has 0 N–H and O–H groups in total. The van der Waals surface area contributed by atoms with Crippen LogP contribution in [0.4, 0.5) is 4.79 Å². The maximum absolute atomic E-state index is 11.3. The van der Waals surface area contributed by atoms with E-state index in [2.05, 4.69) is 16.6 Å². The number of hydrogen-bond donors (Lipinski definition) is 0. The summed E-state index contributed by atoms with van der Waals surface area (Å²) in [6.45, 7) is 2.26. The van der Waals surface area contributed by atoms with E-state index in [1.54, 1.807) is 0 Å². The highest BCUT2D eigenvalue weighted by atomic mass is 16.6. The standard InChI is InChI=1S/C12H14N2O3/c1-2-9-3-4-10(13-7-9)5-6-14-11(15)8-17-12(14)16/h3-4,7H,2,5-6,8H2,1H3. The van der Waals surface area contributed by atoms with Gasteiger partial charge in [0.25, 0.3) is 5.91 Å². The average molecular weight is 234 g/mol. The Hall–Kier alpha value is -1.91. The molecule has 2 rings (SSSR count). The second-order valence-electron chi connectivity index (χ2n) is 3.86. The Balaban J connectivity index is 1.93. The summed E-state index contributed by atoms with van der Waals surface area (Å²) in [6.07, 6.45) is 2.77. The van der Waals surface area contributed by atoms with Gasteiger partial charge in [0, 0.05) is 24.9 Å². The monoisotopic (exact) mass is 234 g/mol. The number of amides is 2. The van der Waals surface area contributed by atoms with Crippen LogP contribution in [0.2, 0.25) is 0 Å². The fourth-order valence-corrected chi connectivity index (χ4v) is 1.64. The van der Waals surface area contributed by atoms with Crippen molar-refractivity contribution in [3.05, 3.63) is 29.6 Å². The highest BCUT2D eigenvalue weighted by Gasteiger charge is 2.30. The maximum atomic E-state index is 11.3. The van der Waals surface area contributed by atoms with Crippen LogP contribution in [0.25, 0.3) is 0 Å². The number of pyridine rings is 1. The van der Waals surface area contributed by atoms with Gasteiger partial charge in [-0.2, -0.15) is 0 Å². The van der Waals surface area contributed by atoms with Crippen molar-refractivity contribution in [2.75, 3.05) is 13.2 Å². The molecule has 5 heteroatoms. The van der Waals surface area contributed by atoms with E-state index in [0.717, 1.165) is 17.0 Å². The van der Waals surface area contributed by atoms with E-state index >= 15 is 0 Å². The lowest BCUT2D eigenvalue weighted by molar-refractivity contribution is -0.125. The number of ether oxygens (including phenoxy) is 1. The largest absolute Gasteiger partial charge is 0.439 e. The lowest BCUT2D eigenvalue weighted by atomic mass is 10.2. The number of imide groups is 1. The van der Waals surface area contributed by atoms with E-state index in [1.165, 1.54) is 5.56 Å². The highest BCUT2D eigenvalue weighted by molar-refractivity contribution is 5.97. The smallest absolute Gasteiger partial charge is 0.417 e. The summed E-state index contributed by atoms with van der Waals surface area (Å²) in [5.74, 6) is -0.278. The molecule has 0 aromatic carbocycles. The molecule has 0 aliphatic carbocycles. The lowest BCUT2D eigenvalue weighted by Crippen LogP contribution is -2.31. The fourth-order valence-electron chi connectivity index (χ4n) is 1.64. The first-order chi connectivity index (χ1) is 8.20. The van der Waals surface area contributed by atoms with Crippen LogP contribution in [0.1, 0.15) is 18.2 Å². The zero-order chi connectivity index (χ0) is 12.3. The summed E-state index contributed by atoms with van der Waals surface area (Å²) in [7, 11) is 0. The van der Waals surface area contributed by atoms with Gasteiger partial charge >= 0.3 is 6.09 Å². The van der Waals surface area contributed by atoms with Crippen molar-refractivity contribution in [3.63, 3.8) is 0 Å². The molecule has 0 spiro atoms. The van der Waals surface area contributed by atoms with Crippen molar-refractivity contribution in [1.82, 2.24) is 9.88 Å². The molecule has 0 bridgehead atoms. The molecule has 1 saturated heterocycles. The van der Waals surface area contributed by atoms with Crippen molar-refractivity contribution in [3.8, 4) is 0 Å². The van der Waals surface area contributed by atoms with Gasteiger partial charge < -0.3 is 4.74 Å². The molecule has 1 aromatic heterocycles. The van der Waals surface area contributed by atoms with Crippen LogP contribution < -0.4 is 0 Å². The molecule has 2 amide bonds. The van der Waals surface area contributed by atoms with Gasteiger partial charge in [0.2, 0.25) is 0 Å². The topological polar surface area (TPSA) is 59.5 Å². The molecule has 0 saturated carbocycles. The second-order valence-corrected chi connectivity index (χ2v) is 3.86. The van der Waals surface area contributed by atoms with Crippen molar-refractivity contribution in [2.45, 2.75) is 19.8 Å². The summed E-state index contributed by atoms with van der Waals surface area (Å²) >= 11 is 0. The molecular formula is C12H14N2O3. The van der Waals surface area contributed by atoms with Crippen LogP contribution in [0, 0.1) is 0 Å². The summed E-state index contributed by atoms with van der Waals surface area (Å²) in [6, 6.07) is 3.93. The van der Waals surface area contributed by atoms with Crippen LogP contribution in [0.5, 0.6) is 0 Å². The lowest BCUT2D eigenvalue weighted by Gasteiger charge is -2.10. The van der Waals surface area contributed by atoms with E-state index < -0.39 is 6.09 Å². The SMILES string of the molecule is CCc1ccc(CCN2C(=O)COC2=O)nc1. The van der Waals surface area contributed by atoms with Crippen LogP contribution >= 0.6 is 0 Å². The Labute approximate surface area is 99.4 Å². The van der Waals surface area contributed by atoms with Gasteiger partial charge in [-0.05, 0) is 18.1 Å². The number of aryl methyl sites for hydroxylation is 1. The van der Waals surface area contributed by atoms with E-state index in [4.69, 9.17) is 0 Å². The predicted octanol–water partition coefficient (Wildman–Crippen LogP) is 1.17. The third kappa shape index (κ3) is 2.61. The van der Waals surface area contributed by atoms with Gasteiger partial charge in [-0.15, -0.1) is 0 Å². The van der Waals surface area contributed by atoms with Gasteiger partial charge in [-0.1, -0.05) is 13.0 Å². The molecule has 1 aliphatic rings. The zero-order valence-corrected chi connectivity index (χ0v) is 9.68. The van der Waals surface area contributed by atoms with Crippen LogP contribution in [-0.4, -0.2) is 35.0 Å². The Kier molecular flexibility index (Phi) is 3.37. The maximum Gasteiger partial charge on any atom is 0.417 e. The Morgan fingerprint density at radius 3 is 2.76 bits per heavy atom. The first-order valence-corrected chi connectivity index (χ1v) is 5.61. The first-order valence-electron chi connectivity index (χ1n) is 5.61. The van der Waals surface area contributed by atoms with Crippen molar-refractivity contribution >= 4 is 12.0 Å². The number of nitrogens with zero attached hydrogens (tertiary/aromatic N) is 2. The van der Waals surface area contributed by atoms with Crippen molar-refractivity contribution in [1.29, 1.82) is 0 Å². The third-order valence-corrected chi connectivity index (χ3v) is 2.73.